The molecule has 1 fully saturated rings. The van der Waals surface area contributed by atoms with E-state index in [0.29, 0.717) is 37.4 Å². The summed E-state index contributed by atoms with van der Waals surface area (Å²) in [5.74, 6) is 0.467. The minimum absolute atomic E-state index is 0.0515. The van der Waals surface area contributed by atoms with E-state index in [1.165, 1.54) is 0 Å². The minimum Gasteiger partial charge on any atom is -0.391 e. The molecule has 0 spiro atoms. The summed E-state index contributed by atoms with van der Waals surface area (Å²) in [6.45, 7) is 2.84. The number of rotatable bonds is 2. The third-order valence-corrected chi connectivity index (χ3v) is 3.88. The van der Waals surface area contributed by atoms with Crippen molar-refractivity contribution in [1.82, 2.24) is 19.6 Å². The average molecular weight is 290 g/mol. The molecule has 3 rings (SSSR count). The number of hydrogen-bond donors (Lipinski definition) is 1. The lowest BCUT2D eigenvalue weighted by molar-refractivity contribution is 0.0741. The molecule has 2 aromatic rings. The highest BCUT2D eigenvalue weighted by Crippen LogP contribution is 2.23. The van der Waals surface area contributed by atoms with Gasteiger partial charge in [-0.2, -0.15) is 0 Å². The SMILES string of the molecule is Cc1cc(C(=O)N2CC[C@H](O)[C@@H](n3ccnc3)CC2)no1. The Bertz CT molecular complexity index is 608. The quantitative estimate of drug-likeness (QED) is 0.892. The van der Waals surface area contributed by atoms with Gasteiger partial charge in [-0.05, 0) is 19.8 Å². The lowest BCUT2D eigenvalue weighted by Gasteiger charge is -2.21. The zero-order chi connectivity index (χ0) is 14.8. The Labute approximate surface area is 122 Å². The van der Waals surface area contributed by atoms with Crippen LogP contribution in [0.5, 0.6) is 0 Å². The van der Waals surface area contributed by atoms with Gasteiger partial charge in [0.15, 0.2) is 5.69 Å². The summed E-state index contributed by atoms with van der Waals surface area (Å²) in [6.07, 6.45) is 5.96. The Kier molecular flexibility index (Phi) is 3.74. The maximum absolute atomic E-state index is 12.4. The summed E-state index contributed by atoms with van der Waals surface area (Å²) >= 11 is 0. The molecule has 112 valence electrons. The van der Waals surface area contributed by atoms with Crippen molar-refractivity contribution in [2.45, 2.75) is 31.9 Å². The molecule has 2 atom stereocenters. The van der Waals surface area contributed by atoms with Gasteiger partial charge in [0.1, 0.15) is 5.76 Å². The molecular weight excluding hydrogens is 272 g/mol. The molecule has 0 bridgehead atoms. The fourth-order valence-electron chi connectivity index (χ4n) is 2.72. The summed E-state index contributed by atoms with van der Waals surface area (Å²) in [5, 5.41) is 14.0. The van der Waals surface area contributed by atoms with E-state index in [1.54, 1.807) is 30.4 Å². The zero-order valence-corrected chi connectivity index (χ0v) is 11.8. The van der Waals surface area contributed by atoms with Crippen molar-refractivity contribution in [3.8, 4) is 0 Å². The molecule has 0 unspecified atom stereocenters. The standard InChI is InChI=1S/C14H18N4O3/c1-10-8-11(16-21-10)14(20)17-5-2-12(13(19)3-6-17)18-7-4-15-9-18/h4,7-9,12-13,19H,2-3,5-6H2,1H3/t12-,13-/m0/s1. The van der Waals surface area contributed by atoms with Crippen LogP contribution in [0.3, 0.4) is 0 Å². The van der Waals surface area contributed by atoms with E-state index in [2.05, 4.69) is 10.1 Å². The largest absolute Gasteiger partial charge is 0.391 e. The molecule has 21 heavy (non-hydrogen) atoms. The van der Waals surface area contributed by atoms with Crippen molar-refractivity contribution in [2.24, 2.45) is 0 Å². The van der Waals surface area contributed by atoms with E-state index in [-0.39, 0.29) is 11.9 Å². The monoisotopic (exact) mass is 290 g/mol. The highest BCUT2D eigenvalue weighted by Gasteiger charge is 2.29. The second-order valence-electron chi connectivity index (χ2n) is 5.34. The van der Waals surface area contributed by atoms with Crippen LogP contribution in [0.25, 0.3) is 0 Å². The van der Waals surface area contributed by atoms with Crippen LogP contribution >= 0.6 is 0 Å². The number of carbonyl (C=O) groups excluding carboxylic acids is 1. The van der Waals surface area contributed by atoms with E-state index in [1.807, 2.05) is 10.8 Å². The number of carbonyl (C=O) groups is 1. The van der Waals surface area contributed by atoms with Gasteiger partial charge in [0.2, 0.25) is 0 Å². The van der Waals surface area contributed by atoms with Gasteiger partial charge in [0, 0.05) is 31.5 Å². The predicted octanol–water partition coefficient (Wildman–Crippen LogP) is 1.02. The van der Waals surface area contributed by atoms with Crippen LogP contribution in [0.15, 0.2) is 29.3 Å². The van der Waals surface area contributed by atoms with Gasteiger partial charge in [-0.1, -0.05) is 5.16 Å². The molecule has 3 heterocycles. The predicted molar refractivity (Wildman–Crippen MR) is 73.6 cm³/mol. The van der Waals surface area contributed by atoms with Gasteiger partial charge in [0.05, 0.1) is 18.5 Å². The van der Waals surface area contributed by atoms with E-state index in [9.17, 15) is 9.90 Å². The first-order valence-corrected chi connectivity index (χ1v) is 7.03. The lowest BCUT2D eigenvalue weighted by Crippen LogP contribution is -2.32. The first kappa shape index (κ1) is 13.8. The third-order valence-electron chi connectivity index (χ3n) is 3.88. The fraction of sp³-hybridized carbons (Fsp3) is 0.500. The smallest absolute Gasteiger partial charge is 0.276 e. The summed E-state index contributed by atoms with van der Waals surface area (Å²) in [7, 11) is 0. The number of imidazole rings is 1. The van der Waals surface area contributed by atoms with Crippen LogP contribution in [0.2, 0.25) is 0 Å². The van der Waals surface area contributed by atoms with Gasteiger partial charge >= 0.3 is 0 Å². The second kappa shape index (κ2) is 5.69. The Balaban J connectivity index is 1.71. The minimum atomic E-state index is -0.490. The van der Waals surface area contributed by atoms with E-state index in [4.69, 9.17) is 4.52 Å². The molecule has 2 aromatic heterocycles. The molecule has 7 heteroatoms. The molecular formula is C14H18N4O3. The van der Waals surface area contributed by atoms with Crippen molar-refractivity contribution in [3.63, 3.8) is 0 Å². The third kappa shape index (κ3) is 2.82. The van der Waals surface area contributed by atoms with Gasteiger partial charge in [0.25, 0.3) is 5.91 Å². The molecule has 0 saturated carbocycles. The summed E-state index contributed by atoms with van der Waals surface area (Å²) in [5.41, 5.74) is 0.322. The van der Waals surface area contributed by atoms with Crippen molar-refractivity contribution in [1.29, 1.82) is 0 Å². The lowest BCUT2D eigenvalue weighted by atomic mass is 10.1. The molecule has 0 aliphatic carbocycles. The number of amides is 1. The Morgan fingerprint density at radius 1 is 1.43 bits per heavy atom. The van der Waals surface area contributed by atoms with E-state index in [0.717, 1.165) is 0 Å². The highest BCUT2D eigenvalue weighted by atomic mass is 16.5. The van der Waals surface area contributed by atoms with Crippen LogP contribution in [0.1, 0.15) is 35.1 Å². The van der Waals surface area contributed by atoms with Crippen LogP contribution in [0.4, 0.5) is 0 Å². The number of hydrogen-bond acceptors (Lipinski definition) is 5. The van der Waals surface area contributed by atoms with Crippen molar-refractivity contribution < 1.29 is 14.4 Å². The van der Waals surface area contributed by atoms with Crippen LogP contribution < -0.4 is 0 Å². The van der Waals surface area contributed by atoms with Gasteiger partial charge in [-0.3, -0.25) is 4.79 Å². The zero-order valence-electron chi connectivity index (χ0n) is 11.8. The Morgan fingerprint density at radius 3 is 2.90 bits per heavy atom. The van der Waals surface area contributed by atoms with Crippen molar-refractivity contribution in [3.05, 3.63) is 36.2 Å². The molecule has 1 aliphatic rings. The van der Waals surface area contributed by atoms with Crippen molar-refractivity contribution in [2.75, 3.05) is 13.1 Å². The molecule has 0 aromatic carbocycles. The van der Waals surface area contributed by atoms with Crippen molar-refractivity contribution >= 4 is 5.91 Å². The number of likely N-dealkylation sites (tertiary alicyclic amines) is 1. The van der Waals surface area contributed by atoms with Crippen LogP contribution in [-0.2, 0) is 0 Å². The van der Waals surface area contributed by atoms with Crippen LogP contribution in [0, 0.1) is 6.92 Å². The molecule has 7 nitrogen and oxygen atoms in total. The fourth-order valence-corrected chi connectivity index (χ4v) is 2.72. The van der Waals surface area contributed by atoms with Gasteiger partial charge in [-0.15, -0.1) is 0 Å². The topological polar surface area (TPSA) is 84.4 Å². The summed E-state index contributed by atoms with van der Waals surface area (Å²) < 4.78 is 6.85. The molecule has 1 aliphatic heterocycles. The Morgan fingerprint density at radius 2 is 2.24 bits per heavy atom. The first-order valence-electron chi connectivity index (χ1n) is 7.03. The van der Waals surface area contributed by atoms with E-state index < -0.39 is 6.10 Å². The maximum atomic E-state index is 12.4. The van der Waals surface area contributed by atoms with E-state index >= 15 is 0 Å². The number of nitrogens with zero attached hydrogens (tertiary/aromatic N) is 4. The summed E-state index contributed by atoms with van der Waals surface area (Å²) in [4.78, 5) is 18.1. The second-order valence-corrected chi connectivity index (χ2v) is 5.34. The number of aliphatic hydroxyl groups is 1. The highest BCUT2D eigenvalue weighted by molar-refractivity contribution is 5.92. The molecule has 1 saturated heterocycles. The summed E-state index contributed by atoms with van der Waals surface area (Å²) in [6, 6.07) is 1.58. The molecule has 1 N–H and O–H groups in total. The number of aromatic nitrogens is 3. The maximum Gasteiger partial charge on any atom is 0.276 e. The number of aliphatic hydroxyl groups excluding tert-OH is 1. The average Bonchev–Trinajstić information content (AvgIpc) is 3.10. The normalized spacial score (nSPS) is 23.0. The van der Waals surface area contributed by atoms with Gasteiger partial charge < -0.3 is 19.1 Å². The molecule has 1 amide bonds. The Hall–Kier alpha value is -2.15. The number of aryl methyl sites for hydroxylation is 1. The molecule has 0 radical (unpaired) electrons. The van der Waals surface area contributed by atoms with Crippen LogP contribution in [-0.4, -0.2) is 49.8 Å². The first-order chi connectivity index (χ1) is 10.1. The van der Waals surface area contributed by atoms with Gasteiger partial charge in [-0.25, -0.2) is 4.98 Å².